The Morgan fingerprint density at radius 1 is 1.07 bits per heavy atom. The lowest BCUT2D eigenvalue weighted by Crippen LogP contribution is -2.45. The molecule has 0 radical (unpaired) electrons. The minimum atomic E-state index is -0.942. The quantitative estimate of drug-likeness (QED) is 0.780. The van der Waals surface area contributed by atoms with Crippen LogP contribution in [0.5, 0.6) is 0 Å². The molecule has 0 aliphatic carbocycles. The van der Waals surface area contributed by atoms with E-state index in [1.807, 2.05) is 68.3 Å². The molecular formula is C24H27NO4. The number of benzene rings is 2. The van der Waals surface area contributed by atoms with Crippen molar-refractivity contribution in [3.05, 3.63) is 76.0 Å². The van der Waals surface area contributed by atoms with Crippen molar-refractivity contribution >= 4 is 11.5 Å². The van der Waals surface area contributed by atoms with Crippen molar-refractivity contribution in [1.82, 2.24) is 5.06 Å². The normalized spacial score (nSPS) is 19.1. The van der Waals surface area contributed by atoms with Crippen LogP contribution in [0.2, 0.25) is 0 Å². The predicted octanol–water partition coefficient (Wildman–Crippen LogP) is 4.40. The van der Waals surface area contributed by atoms with Crippen LogP contribution < -0.4 is 0 Å². The first kappa shape index (κ1) is 19.7. The first-order chi connectivity index (χ1) is 13.9. The van der Waals surface area contributed by atoms with Crippen molar-refractivity contribution in [2.45, 2.75) is 45.8 Å². The minimum absolute atomic E-state index is 0.0697. The van der Waals surface area contributed by atoms with Crippen LogP contribution in [0.1, 0.15) is 40.7 Å². The number of piperidine rings is 1. The highest BCUT2D eigenvalue weighted by Gasteiger charge is 2.50. The molecule has 0 bridgehead atoms. The molecule has 0 amide bonds. The molecule has 29 heavy (non-hydrogen) atoms. The van der Waals surface area contributed by atoms with Crippen LogP contribution in [0.3, 0.4) is 0 Å². The standard InChI is InChI=1S/C24H27NO4/c1-16-13-17(2)20(18(3)14-16)21-22(26)24(29-23(21)27)9-11-25(12-10-24)28-15-19-7-5-4-6-8-19/h4-8,13-14,26H,9-12,15H2,1-3H3. The Bertz CT molecular complexity index is 933. The second kappa shape index (κ2) is 7.65. The summed E-state index contributed by atoms with van der Waals surface area (Å²) in [6.07, 6.45) is 1.01. The van der Waals surface area contributed by atoms with Gasteiger partial charge in [-0.25, -0.2) is 4.79 Å². The Labute approximate surface area is 171 Å². The van der Waals surface area contributed by atoms with Crippen molar-refractivity contribution in [1.29, 1.82) is 0 Å². The molecule has 0 unspecified atom stereocenters. The third-order valence-electron chi connectivity index (χ3n) is 5.87. The Morgan fingerprint density at radius 2 is 1.69 bits per heavy atom. The maximum absolute atomic E-state index is 12.8. The van der Waals surface area contributed by atoms with Crippen molar-refractivity contribution in [2.24, 2.45) is 0 Å². The number of carbonyl (C=O) groups excluding carboxylic acids is 1. The molecule has 5 heteroatoms. The fraction of sp³-hybridized carbons (Fsp3) is 0.375. The Kier molecular flexibility index (Phi) is 5.19. The molecule has 5 nitrogen and oxygen atoms in total. The van der Waals surface area contributed by atoms with Gasteiger partial charge in [-0.3, -0.25) is 4.84 Å². The Balaban J connectivity index is 1.51. The lowest BCUT2D eigenvalue weighted by molar-refractivity contribution is -0.204. The van der Waals surface area contributed by atoms with E-state index < -0.39 is 11.6 Å². The molecular weight excluding hydrogens is 366 g/mol. The second-order valence-corrected chi connectivity index (χ2v) is 8.07. The number of hydroxylamine groups is 2. The molecule has 2 aromatic carbocycles. The van der Waals surface area contributed by atoms with E-state index in [-0.39, 0.29) is 5.76 Å². The van der Waals surface area contributed by atoms with Crippen LogP contribution >= 0.6 is 0 Å². The molecule has 2 aromatic rings. The lowest BCUT2D eigenvalue weighted by Gasteiger charge is -2.37. The number of aliphatic hydroxyl groups is 1. The molecule has 2 aliphatic heterocycles. The number of rotatable bonds is 4. The van der Waals surface area contributed by atoms with Crippen LogP contribution in [-0.4, -0.2) is 34.8 Å². The summed E-state index contributed by atoms with van der Waals surface area (Å²) in [6.45, 7) is 7.63. The Hall–Kier alpha value is -2.63. The molecule has 1 spiro atoms. The summed E-state index contributed by atoms with van der Waals surface area (Å²) in [5, 5.41) is 13.0. The largest absolute Gasteiger partial charge is 0.507 e. The van der Waals surface area contributed by atoms with Crippen LogP contribution in [0.25, 0.3) is 5.57 Å². The van der Waals surface area contributed by atoms with E-state index >= 15 is 0 Å². The maximum atomic E-state index is 12.8. The highest BCUT2D eigenvalue weighted by atomic mass is 16.7. The van der Waals surface area contributed by atoms with Crippen molar-refractivity contribution in [2.75, 3.05) is 13.1 Å². The highest BCUT2D eigenvalue weighted by molar-refractivity contribution is 6.20. The van der Waals surface area contributed by atoms with Crippen LogP contribution in [0, 0.1) is 20.8 Å². The molecule has 4 rings (SSSR count). The van der Waals surface area contributed by atoms with E-state index in [0.717, 1.165) is 27.8 Å². The number of esters is 1. The number of aliphatic hydroxyl groups excluding tert-OH is 1. The number of nitrogens with zero attached hydrogens (tertiary/aromatic N) is 1. The predicted molar refractivity (Wildman–Crippen MR) is 111 cm³/mol. The van der Waals surface area contributed by atoms with Gasteiger partial charge in [0.15, 0.2) is 11.4 Å². The first-order valence-corrected chi connectivity index (χ1v) is 10.1. The summed E-state index contributed by atoms with van der Waals surface area (Å²) in [7, 11) is 0. The smallest absolute Gasteiger partial charge is 0.343 e. The van der Waals surface area contributed by atoms with Gasteiger partial charge in [0.05, 0.1) is 6.61 Å². The molecule has 1 saturated heterocycles. The van der Waals surface area contributed by atoms with E-state index in [2.05, 4.69) is 0 Å². The molecule has 2 aliphatic rings. The van der Waals surface area contributed by atoms with Gasteiger partial charge in [-0.15, -0.1) is 0 Å². The Morgan fingerprint density at radius 3 is 2.31 bits per heavy atom. The SMILES string of the molecule is Cc1cc(C)c(C2=C(O)C3(CCN(OCc4ccccc4)CC3)OC2=O)c(C)c1. The third kappa shape index (κ3) is 3.68. The summed E-state index contributed by atoms with van der Waals surface area (Å²) < 4.78 is 5.78. The highest BCUT2D eigenvalue weighted by Crippen LogP contribution is 2.44. The molecule has 1 fully saturated rings. The summed E-state index contributed by atoms with van der Waals surface area (Å²) in [4.78, 5) is 18.6. The van der Waals surface area contributed by atoms with Crippen LogP contribution in [0.4, 0.5) is 0 Å². The summed E-state index contributed by atoms with van der Waals surface area (Å²) >= 11 is 0. The number of ether oxygens (including phenoxy) is 1. The van der Waals surface area contributed by atoms with Crippen LogP contribution in [-0.2, 0) is 21.0 Å². The number of hydrogen-bond donors (Lipinski definition) is 1. The zero-order chi connectivity index (χ0) is 20.6. The topological polar surface area (TPSA) is 59.0 Å². The zero-order valence-electron chi connectivity index (χ0n) is 17.2. The molecule has 152 valence electrons. The van der Waals surface area contributed by atoms with Gasteiger partial charge in [0.2, 0.25) is 0 Å². The summed E-state index contributed by atoms with van der Waals surface area (Å²) in [5.41, 5.74) is 4.35. The fourth-order valence-electron chi connectivity index (χ4n) is 4.45. The van der Waals surface area contributed by atoms with Crippen molar-refractivity contribution in [3.63, 3.8) is 0 Å². The molecule has 1 N–H and O–H groups in total. The van der Waals surface area contributed by atoms with E-state index in [0.29, 0.717) is 38.1 Å². The van der Waals surface area contributed by atoms with Crippen LogP contribution in [0.15, 0.2) is 48.2 Å². The summed E-state index contributed by atoms with van der Waals surface area (Å²) in [6, 6.07) is 14.1. The fourth-order valence-corrected chi connectivity index (χ4v) is 4.45. The average molecular weight is 393 g/mol. The van der Waals surface area contributed by atoms with Gasteiger partial charge in [-0.2, -0.15) is 5.06 Å². The van der Waals surface area contributed by atoms with Gasteiger partial charge in [-0.1, -0.05) is 48.0 Å². The first-order valence-electron chi connectivity index (χ1n) is 10.1. The van der Waals surface area contributed by atoms with Gasteiger partial charge in [0.25, 0.3) is 0 Å². The van der Waals surface area contributed by atoms with Gasteiger partial charge in [0, 0.05) is 25.9 Å². The lowest BCUT2D eigenvalue weighted by atomic mass is 9.86. The molecule has 0 aromatic heterocycles. The molecule has 0 atom stereocenters. The van der Waals surface area contributed by atoms with Gasteiger partial charge < -0.3 is 9.84 Å². The van der Waals surface area contributed by atoms with Crippen molar-refractivity contribution in [3.8, 4) is 0 Å². The zero-order valence-corrected chi connectivity index (χ0v) is 17.2. The minimum Gasteiger partial charge on any atom is -0.507 e. The van der Waals surface area contributed by atoms with E-state index in [4.69, 9.17) is 9.57 Å². The van der Waals surface area contributed by atoms with E-state index in [9.17, 15) is 9.90 Å². The molecule has 2 heterocycles. The average Bonchev–Trinajstić information content (AvgIpc) is 2.92. The van der Waals surface area contributed by atoms with Crippen molar-refractivity contribution < 1.29 is 19.5 Å². The monoisotopic (exact) mass is 393 g/mol. The number of carbonyl (C=O) groups is 1. The van der Waals surface area contributed by atoms with Gasteiger partial charge >= 0.3 is 5.97 Å². The second-order valence-electron chi connectivity index (χ2n) is 8.07. The maximum Gasteiger partial charge on any atom is 0.343 e. The van der Waals surface area contributed by atoms with E-state index in [1.54, 1.807) is 0 Å². The summed E-state index contributed by atoms with van der Waals surface area (Å²) in [5.74, 6) is -0.364. The van der Waals surface area contributed by atoms with Gasteiger partial charge in [0.1, 0.15) is 5.57 Å². The van der Waals surface area contributed by atoms with E-state index in [1.165, 1.54) is 0 Å². The number of hydrogen-bond acceptors (Lipinski definition) is 5. The molecule has 0 saturated carbocycles. The van der Waals surface area contributed by atoms with Gasteiger partial charge in [-0.05, 0) is 43.0 Å². The number of aryl methyl sites for hydroxylation is 3. The third-order valence-corrected chi connectivity index (χ3v) is 5.87.